The van der Waals surface area contributed by atoms with E-state index in [-0.39, 0.29) is 29.3 Å². The van der Waals surface area contributed by atoms with Crippen LogP contribution in [0.25, 0.3) is 0 Å². The van der Waals surface area contributed by atoms with Crippen LogP contribution in [0, 0.1) is 0 Å². The Labute approximate surface area is 190 Å². The highest BCUT2D eigenvalue weighted by Crippen LogP contribution is 2.25. The number of nitrogens with one attached hydrogen (secondary N) is 1. The number of halogens is 1. The van der Waals surface area contributed by atoms with Crippen LogP contribution < -0.4 is 5.32 Å². The molecule has 30 heavy (non-hydrogen) atoms. The maximum atomic E-state index is 12.7. The van der Waals surface area contributed by atoms with Gasteiger partial charge in [-0.2, -0.15) is 0 Å². The standard InChI is InChI=1S/C23H27BrN2O3S/c1-15-13-26(14-16(2)29-15)23(28)19-6-4-18(5-7-19)12-25-22(27)17(3)30-21-10-8-20(24)9-11-21/h4-11,15-17H,12-14H2,1-3H3,(H,25,27). The molecule has 1 aliphatic rings. The van der Waals surface area contributed by atoms with Crippen molar-refractivity contribution in [3.63, 3.8) is 0 Å². The first-order valence-electron chi connectivity index (χ1n) is 10.1. The third-order valence-corrected chi connectivity index (χ3v) is 6.51. The number of ether oxygens (including phenoxy) is 1. The molecule has 1 saturated heterocycles. The molecule has 3 rings (SSSR count). The molecular formula is C23H27BrN2O3S. The molecule has 1 N–H and O–H groups in total. The number of nitrogens with zero attached hydrogens (tertiary/aromatic N) is 1. The van der Waals surface area contributed by atoms with E-state index in [2.05, 4.69) is 21.2 Å². The van der Waals surface area contributed by atoms with E-state index in [1.165, 1.54) is 11.8 Å². The Morgan fingerprint density at radius 3 is 2.30 bits per heavy atom. The predicted molar refractivity (Wildman–Crippen MR) is 124 cm³/mol. The molecule has 0 aliphatic carbocycles. The summed E-state index contributed by atoms with van der Waals surface area (Å²) in [4.78, 5) is 28.1. The van der Waals surface area contributed by atoms with Gasteiger partial charge < -0.3 is 15.0 Å². The number of carbonyl (C=O) groups is 2. The van der Waals surface area contributed by atoms with Crippen LogP contribution in [-0.4, -0.2) is 47.3 Å². The number of carbonyl (C=O) groups excluding carboxylic acids is 2. The molecule has 2 amide bonds. The van der Waals surface area contributed by atoms with Gasteiger partial charge in [-0.15, -0.1) is 11.8 Å². The summed E-state index contributed by atoms with van der Waals surface area (Å²) in [6.07, 6.45) is 0.0916. The molecule has 3 atom stereocenters. The maximum absolute atomic E-state index is 12.7. The lowest BCUT2D eigenvalue weighted by Crippen LogP contribution is -2.48. The van der Waals surface area contributed by atoms with Crippen LogP contribution in [-0.2, 0) is 16.1 Å². The smallest absolute Gasteiger partial charge is 0.254 e. The Balaban J connectivity index is 1.50. The molecule has 0 spiro atoms. The minimum Gasteiger partial charge on any atom is -0.372 e. The zero-order valence-electron chi connectivity index (χ0n) is 17.4. The van der Waals surface area contributed by atoms with Gasteiger partial charge in [0.2, 0.25) is 5.91 Å². The molecular weight excluding hydrogens is 464 g/mol. The van der Waals surface area contributed by atoms with Crippen molar-refractivity contribution in [3.05, 3.63) is 64.1 Å². The van der Waals surface area contributed by atoms with Crippen LogP contribution in [0.2, 0.25) is 0 Å². The van der Waals surface area contributed by atoms with Crippen molar-refractivity contribution in [1.29, 1.82) is 0 Å². The summed E-state index contributed by atoms with van der Waals surface area (Å²) < 4.78 is 6.72. The number of hydrogen-bond donors (Lipinski definition) is 1. The second-order valence-electron chi connectivity index (χ2n) is 7.60. The average molecular weight is 491 g/mol. The van der Waals surface area contributed by atoms with E-state index >= 15 is 0 Å². The van der Waals surface area contributed by atoms with Gasteiger partial charge >= 0.3 is 0 Å². The van der Waals surface area contributed by atoms with Crippen molar-refractivity contribution >= 4 is 39.5 Å². The lowest BCUT2D eigenvalue weighted by Gasteiger charge is -2.35. The third kappa shape index (κ3) is 6.33. The van der Waals surface area contributed by atoms with E-state index in [1.54, 1.807) is 0 Å². The van der Waals surface area contributed by atoms with Gasteiger partial charge in [-0.05, 0) is 62.7 Å². The van der Waals surface area contributed by atoms with Gasteiger partial charge in [0.05, 0.1) is 17.5 Å². The fraction of sp³-hybridized carbons (Fsp3) is 0.391. The number of amides is 2. The van der Waals surface area contributed by atoms with Crippen molar-refractivity contribution in [1.82, 2.24) is 10.2 Å². The lowest BCUT2D eigenvalue weighted by molar-refractivity contribution is -0.120. The highest BCUT2D eigenvalue weighted by atomic mass is 79.9. The second kappa shape index (κ2) is 10.5. The van der Waals surface area contributed by atoms with E-state index < -0.39 is 0 Å². The molecule has 1 heterocycles. The minimum atomic E-state index is -0.197. The van der Waals surface area contributed by atoms with Crippen molar-refractivity contribution in [2.75, 3.05) is 13.1 Å². The molecule has 0 saturated carbocycles. The lowest BCUT2D eigenvalue weighted by atomic mass is 10.1. The van der Waals surface area contributed by atoms with Crippen molar-refractivity contribution in [2.24, 2.45) is 0 Å². The number of benzene rings is 2. The van der Waals surface area contributed by atoms with Gasteiger partial charge in [-0.25, -0.2) is 0 Å². The minimum absolute atomic E-state index is 0.0145. The summed E-state index contributed by atoms with van der Waals surface area (Å²) in [5.74, 6) is 0.00599. The quantitative estimate of drug-likeness (QED) is 0.605. The molecule has 0 radical (unpaired) electrons. The summed E-state index contributed by atoms with van der Waals surface area (Å²) >= 11 is 4.94. The molecule has 7 heteroatoms. The first-order valence-corrected chi connectivity index (χ1v) is 11.7. The number of rotatable bonds is 6. The van der Waals surface area contributed by atoms with Gasteiger partial charge in [0.1, 0.15) is 0 Å². The second-order valence-corrected chi connectivity index (χ2v) is 9.93. The molecule has 160 valence electrons. The highest BCUT2D eigenvalue weighted by Gasteiger charge is 2.26. The summed E-state index contributed by atoms with van der Waals surface area (Å²) in [6.45, 7) is 7.51. The van der Waals surface area contributed by atoms with Crippen molar-refractivity contribution < 1.29 is 14.3 Å². The molecule has 5 nitrogen and oxygen atoms in total. The van der Waals surface area contributed by atoms with Crippen LogP contribution in [0.15, 0.2) is 57.9 Å². The summed E-state index contributed by atoms with van der Waals surface area (Å²) in [5, 5.41) is 2.78. The Kier molecular flexibility index (Phi) is 7.97. The Morgan fingerprint density at radius 1 is 1.10 bits per heavy atom. The Morgan fingerprint density at radius 2 is 1.70 bits per heavy atom. The Bertz CT molecular complexity index is 863. The first kappa shape index (κ1) is 22.8. The van der Waals surface area contributed by atoms with Crippen LogP contribution in [0.1, 0.15) is 36.7 Å². The zero-order chi connectivity index (χ0) is 21.7. The highest BCUT2D eigenvalue weighted by molar-refractivity contribution is 9.10. The van der Waals surface area contributed by atoms with Gasteiger partial charge in [0.15, 0.2) is 0 Å². The van der Waals surface area contributed by atoms with E-state index in [1.807, 2.05) is 74.2 Å². The van der Waals surface area contributed by atoms with Crippen molar-refractivity contribution in [2.45, 2.75) is 49.7 Å². The van der Waals surface area contributed by atoms with E-state index in [0.29, 0.717) is 25.2 Å². The van der Waals surface area contributed by atoms with Crippen LogP contribution >= 0.6 is 27.7 Å². The monoisotopic (exact) mass is 490 g/mol. The first-order chi connectivity index (χ1) is 14.3. The SMILES string of the molecule is CC1CN(C(=O)c2ccc(CNC(=O)C(C)Sc3ccc(Br)cc3)cc2)CC(C)O1. The van der Waals surface area contributed by atoms with Crippen LogP contribution in [0.5, 0.6) is 0 Å². The molecule has 1 fully saturated rings. The molecule has 1 aliphatic heterocycles. The fourth-order valence-electron chi connectivity index (χ4n) is 3.40. The summed E-state index contributed by atoms with van der Waals surface area (Å²) in [7, 11) is 0. The van der Waals surface area contributed by atoms with Crippen molar-refractivity contribution in [3.8, 4) is 0 Å². The topological polar surface area (TPSA) is 58.6 Å². The largest absolute Gasteiger partial charge is 0.372 e. The summed E-state index contributed by atoms with van der Waals surface area (Å²) in [6, 6.07) is 15.4. The molecule has 2 aromatic carbocycles. The van der Waals surface area contributed by atoms with E-state index in [0.717, 1.165) is 14.9 Å². The normalized spacial score (nSPS) is 19.9. The molecule has 0 bridgehead atoms. The third-order valence-electron chi connectivity index (χ3n) is 4.87. The van der Waals surface area contributed by atoms with Crippen LogP contribution in [0.4, 0.5) is 0 Å². The molecule has 2 aromatic rings. The van der Waals surface area contributed by atoms with Gasteiger partial charge in [0.25, 0.3) is 5.91 Å². The van der Waals surface area contributed by atoms with E-state index in [9.17, 15) is 9.59 Å². The molecule has 0 aromatic heterocycles. The predicted octanol–water partition coefficient (Wildman–Crippen LogP) is 4.50. The van der Waals surface area contributed by atoms with Gasteiger partial charge in [0, 0.05) is 34.6 Å². The zero-order valence-corrected chi connectivity index (χ0v) is 19.8. The van der Waals surface area contributed by atoms with E-state index in [4.69, 9.17) is 4.74 Å². The Hall–Kier alpha value is -1.83. The average Bonchev–Trinajstić information content (AvgIpc) is 2.72. The van der Waals surface area contributed by atoms with Crippen LogP contribution in [0.3, 0.4) is 0 Å². The molecule has 3 unspecified atom stereocenters. The van der Waals surface area contributed by atoms with Gasteiger partial charge in [-0.3, -0.25) is 9.59 Å². The fourth-order valence-corrected chi connectivity index (χ4v) is 4.55. The number of morpholine rings is 1. The summed E-state index contributed by atoms with van der Waals surface area (Å²) in [5.41, 5.74) is 1.62. The maximum Gasteiger partial charge on any atom is 0.254 e. The number of hydrogen-bond acceptors (Lipinski definition) is 4. The van der Waals surface area contributed by atoms with Gasteiger partial charge in [-0.1, -0.05) is 28.1 Å². The number of thioether (sulfide) groups is 1.